The highest BCUT2D eigenvalue weighted by Crippen LogP contribution is 2.19. The molecule has 0 bridgehead atoms. The smallest absolute Gasteiger partial charge is 0.318 e. The molecule has 0 N–H and O–H groups in total. The molecule has 0 heterocycles. The van der Waals surface area contributed by atoms with Gasteiger partial charge >= 0.3 is 11.9 Å². The van der Waals surface area contributed by atoms with Crippen LogP contribution in [0.5, 0.6) is 0 Å². The molecule has 4 atom stereocenters. The molecule has 0 aliphatic carbocycles. The number of carbonyl (C=O) groups excluding carboxylic acids is 2. The van der Waals surface area contributed by atoms with E-state index >= 15 is 0 Å². The molecule has 0 spiro atoms. The van der Waals surface area contributed by atoms with E-state index in [1.54, 1.807) is 27.7 Å². The Hall–Kier alpha value is -1.38. The summed E-state index contributed by atoms with van der Waals surface area (Å²) in [5.41, 5.74) is 0. The maximum Gasteiger partial charge on any atom is 0.318 e. The summed E-state index contributed by atoms with van der Waals surface area (Å²) in [6.45, 7) is 6.96. The van der Waals surface area contributed by atoms with Crippen LogP contribution >= 0.6 is 23.5 Å². The number of nitrogens with zero attached hydrogens (tertiary/aromatic N) is 2. The molecule has 0 fully saturated rings. The molecule has 8 heteroatoms. The van der Waals surface area contributed by atoms with Crippen LogP contribution in [0.3, 0.4) is 0 Å². The lowest BCUT2D eigenvalue weighted by Crippen LogP contribution is -2.23. The zero-order chi connectivity index (χ0) is 17.7. The highest BCUT2D eigenvalue weighted by molar-refractivity contribution is 8.01. The summed E-state index contributed by atoms with van der Waals surface area (Å²) in [5.74, 6) is -0.665. The Morgan fingerprint density at radius 1 is 0.818 bits per heavy atom. The molecule has 0 aromatic heterocycles. The van der Waals surface area contributed by atoms with Crippen molar-refractivity contribution in [2.24, 2.45) is 0 Å². The average molecular weight is 346 g/mol. The van der Waals surface area contributed by atoms with E-state index in [0.29, 0.717) is 0 Å². The van der Waals surface area contributed by atoms with Crippen molar-refractivity contribution in [3.05, 3.63) is 0 Å². The van der Waals surface area contributed by atoms with Gasteiger partial charge in [0, 0.05) is 0 Å². The van der Waals surface area contributed by atoms with Gasteiger partial charge in [0.25, 0.3) is 0 Å². The predicted molar refractivity (Wildman–Crippen MR) is 88.3 cm³/mol. The van der Waals surface area contributed by atoms with Crippen molar-refractivity contribution in [1.82, 2.24) is 0 Å². The van der Waals surface area contributed by atoms with Gasteiger partial charge in [-0.25, -0.2) is 0 Å². The first-order valence-corrected chi connectivity index (χ1v) is 8.37. The fourth-order valence-corrected chi connectivity index (χ4v) is 2.88. The average Bonchev–Trinajstić information content (AvgIpc) is 2.52. The molecule has 6 nitrogen and oxygen atoms in total. The Morgan fingerprint density at radius 2 is 1.14 bits per heavy atom. The molecular formula is C14H22N2O4S2. The summed E-state index contributed by atoms with van der Waals surface area (Å²) in [5, 5.41) is 15.8. The number of hydrogen-bond acceptors (Lipinski definition) is 8. The van der Waals surface area contributed by atoms with Crippen LogP contribution in [0.2, 0.25) is 0 Å². The molecule has 0 aliphatic heterocycles. The van der Waals surface area contributed by atoms with E-state index in [1.807, 2.05) is 12.1 Å². The standard InChI is InChI=1S/C8H14O4S.C6H8N2S/c1-5(7(9)11-3)13-6(2)8(10)12-4;1-5(3-7)9-6(2)4-8/h5-6H,1-4H3;5-6H,1-2H3. The summed E-state index contributed by atoms with van der Waals surface area (Å²) < 4.78 is 9.03. The molecule has 124 valence electrons. The monoisotopic (exact) mass is 346 g/mol. The maximum atomic E-state index is 11.0. The van der Waals surface area contributed by atoms with E-state index in [-0.39, 0.29) is 32.9 Å². The molecule has 0 rings (SSSR count). The van der Waals surface area contributed by atoms with E-state index in [0.717, 1.165) is 0 Å². The highest BCUT2D eigenvalue weighted by Gasteiger charge is 2.22. The molecule has 22 heavy (non-hydrogen) atoms. The normalized spacial score (nSPS) is 14.7. The van der Waals surface area contributed by atoms with Crippen LogP contribution in [0.15, 0.2) is 0 Å². The molecule has 4 unspecified atom stereocenters. The summed E-state index contributed by atoms with van der Waals surface area (Å²) in [4.78, 5) is 21.9. The van der Waals surface area contributed by atoms with Gasteiger partial charge in [-0.3, -0.25) is 9.59 Å². The minimum atomic E-state index is -0.348. The molecule has 0 aromatic carbocycles. The summed E-state index contributed by atoms with van der Waals surface area (Å²) in [6, 6.07) is 4.08. The number of hydrogen-bond donors (Lipinski definition) is 0. The van der Waals surface area contributed by atoms with Gasteiger partial charge in [0.15, 0.2) is 0 Å². The maximum absolute atomic E-state index is 11.0. The van der Waals surface area contributed by atoms with Crippen LogP contribution in [0, 0.1) is 22.7 Å². The number of thioether (sulfide) groups is 2. The van der Waals surface area contributed by atoms with E-state index in [1.165, 1.54) is 37.7 Å². The topological polar surface area (TPSA) is 100 Å². The van der Waals surface area contributed by atoms with Crippen molar-refractivity contribution in [3.63, 3.8) is 0 Å². The van der Waals surface area contributed by atoms with Crippen molar-refractivity contribution in [3.8, 4) is 12.1 Å². The lowest BCUT2D eigenvalue weighted by atomic mass is 10.5. The van der Waals surface area contributed by atoms with Crippen LogP contribution in [-0.2, 0) is 19.1 Å². The zero-order valence-electron chi connectivity index (χ0n) is 13.7. The van der Waals surface area contributed by atoms with Crippen molar-refractivity contribution < 1.29 is 19.1 Å². The van der Waals surface area contributed by atoms with Crippen LogP contribution in [-0.4, -0.2) is 47.2 Å². The quantitative estimate of drug-likeness (QED) is 0.676. The number of carbonyl (C=O) groups is 2. The molecule has 0 saturated heterocycles. The Kier molecular flexibility index (Phi) is 13.8. The van der Waals surface area contributed by atoms with Crippen molar-refractivity contribution in [2.75, 3.05) is 14.2 Å². The second kappa shape index (κ2) is 13.3. The molecule has 0 radical (unpaired) electrons. The Bertz CT molecular complexity index is 394. The minimum absolute atomic E-state index is 0.0698. The van der Waals surface area contributed by atoms with E-state index in [2.05, 4.69) is 9.47 Å². The first-order chi connectivity index (χ1) is 10.2. The fourth-order valence-electron chi connectivity index (χ4n) is 1.12. The Labute approximate surface area is 140 Å². The Balaban J connectivity index is 0. The summed E-state index contributed by atoms with van der Waals surface area (Å²) >= 11 is 2.59. The third-order valence-corrected chi connectivity index (χ3v) is 4.48. The zero-order valence-corrected chi connectivity index (χ0v) is 15.3. The molecule has 0 aromatic rings. The lowest BCUT2D eigenvalue weighted by Gasteiger charge is -2.12. The van der Waals surface area contributed by atoms with Gasteiger partial charge in [0.05, 0.1) is 36.9 Å². The fraction of sp³-hybridized carbons (Fsp3) is 0.714. The van der Waals surface area contributed by atoms with Crippen LogP contribution in [0.1, 0.15) is 27.7 Å². The van der Waals surface area contributed by atoms with Crippen LogP contribution in [0.4, 0.5) is 0 Å². The summed E-state index contributed by atoms with van der Waals surface area (Å²) in [7, 11) is 2.64. The number of methoxy groups -OCH3 is 2. The largest absolute Gasteiger partial charge is 0.468 e. The Morgan fingerprint density at radius 3 is 1.36 bits per heavy atom. The second-order valence-corrected chi connectivity index (χ2v) is 7.52. The minimum Gasteiger partial charge on any atom is -0.468 e. The van der Waals surface area contributed by atoms with E-state index in [9.17, 15) is 9.59 Å². The molecule has 0 aliphatic rings. The summed E-state index contributed by atoms with van der Waals surface area (Å²) in [6.07, 6.45) is 0. The van der Waals surface area contributed by atoms with Crippen molar-refractivity contribution >= 4 is 35.5 Å². The highest BCUT2D eigenvalue weighted by atomic mass is 32.2. The molecular weight excluding hydrogens is 324 g/mol. The van der Waals surface area contributed by atoms with E-state index in [4.69, 9.17) is 10.5 Å². The van der Waals surface area contributed by atoms with Gasteiger partial charge in [-0.2, -0.15) is 10.5 Å². The van der Waals surface area contributed by atoms with Gasteiger partial charge in [-0.05, 0) is 27.7 Å². The van der Waals surface area contributed by atoms with Gasteiger partial charge in [-0.1, -0.05) is 0 Å². The van der Waals surface area contributed by atoms with Crippen LogP contribution in [0.25, 0.3) is 0 Å². The first kappa shape index (κ1) is 22.9. The van der Waals surface area contributed by atoms with Gasteiger partial charge in [0.1, 0.15) is 10.5 Å². The first-order valence-electron chi connectivity index (χ1n) is 6.49. The number of esters is 2. The van der Waals surface area contributed by atoms with Crippen LogP contribution < -0.4 is 0 Å². The SMILES string of the molecule is CC(C#N)SC(C)C#N.COC(=O)C(C)SC(C)C(=O)OC. The van der Waals surface area contributed by atoms with Crippen molar-refractivity contribution in [2.45, 2.75) is 48.7 Å². The number of ether oxygens (including phenoxy) is 2. The van der Waals surface area contributed by atoms with Gasteiger partial charge in [0.2, 0.25) is 0 Å². The van der Waals surface area contributed by atoms with Crippen molar-refractivity contribution in [1.29, 1.82) is 10.5 Å². The van der Waals surface area contributed by atoms with E-state index < -0.39 is 0 Å². The third-order valence-electron chi connectivity index (χ3n) is 2.25. The molecule has 0 amide bonds. The second-order valence-electron chi connectivity index (χ2n) is 4.15. The van der Waals surface area contributed by atoms with Gasteiger partial charge in [-0.15, -0.1) is 23.5 Å². The predicted octanol–water partition coefficient (Wildman–Crippen LogP) is 2.39. The number of rotatable bonds is 6. The third kappa shape index (κ3) is 11.3. The molecule has 0 saturated carbocycles. The van der Waals surface area contributed by atoms with Gasteiger partial charge < -0.3 is 9.47 Å². The lowest BCUT2D eigenvalue weighted by molar-refractivity contribution is -0.139. The number of nitriles is 2.